The van der Waals surface area contributed by atoms with E-state index in [0.29, 0.717) is 6.26 Å². The standard InChI is InChI=1S/C6H8O4/c1-4(6(9)10)5(8)2-3-7/h2-3,5,7-8H,1H2,(H,9,10). The summed E-state index contributed by atoms with van der Waals surface area (Å²) in [5.41, 5.74) is -0.370. The highest BCUT2D eigenvalue weighted by Crippen LogP contribution is 1.99. The molecule has 0 aromatic carbocycles. The van der Waals surface area contributed by atoms with E-state index >= 15 is 0 Å². The Morgan fingerprint density at radius 3 is 2.40 bits per heavy atom. The molecule has 0 saturated heterocycles. The van der Waals surface area contributed by atoms with E-state index in [2.05, 4.69) is 6.58 Å². The first-order chi connectivity index (χ1) is 4.59. The molecule has 0 aliphatic heterocycles. The summed E-state index contributed by atoms with van der Waals surface area (Å²) in [6, 6.07) is 0. The molecule has 10 heavy (non-hydrogen) atoms. The summed E-state index contributed by atoms with van der Waals surface area (Å²) in [4.78, 5) is 10.0. The first-order valence-corrected chi connectivity index (χ1v) is 2.50. The van der Waals surface area contributed by atoms with Gasteiger partial charge in [0.15, 0.2) is 0 Å². The third kappa shape index (κ3) is 2.32. The first kappa shape index (κ1) is 8.71. The second-order valence-corrected chi connectivity index (χ2v) is 1.62. The molecule has 4 nitrogen and oxygen atoms in total. The van der Waals surface area contributed by atoms with Crippen LogP contribution in [0.4, 0.5) is 0 Å². The number of rotatable bonds is 3. The molecule has 0 bridgehead atoms. The molecule has 1 atom stereocenters. The molecule has 0 saturated carbocycles. The van der Waals surface area contributed by atoms with Crippen molar-refractivity contribution in [3.05, 3.63) is 24.5 Å². The van der Waals surface area contributed by atoms with Gasteiger partial charge in [0.05, 0.1) is 11.8 Å². The summed E-state index contributed by atoms with van der Waals surface area (Å²) < 4.78 is 0. The number of aliphatic carboxylic acids is 1. The van der Waals surface area contributed by atoms with Crippen molar-refractivity contribution in [3.63, 3.8) is 0 Å². The van der Waals surface area contributed by atoms with Gasteiger partial charge in [-0.15, -0.1) is 0 Å². The fourth-order valence-electron chi connectivity index (χ4n) is 0.324. The summed E-state index contributed by atoms with van der Waals surface area (Å²) in [6.45, 7) is 3.06. The Kier molecular flexibility index (Phi) is 3.21. The maximum atomic E-state index is 10.0. The second-order valence-electron chi connectivity index (χ2n) is 1.62. The predicted octanol–water partition coefficient (Wildman–Crippen LogP) is 0.0598. The largest absolute Gasteiger partial charge is 0.516 e. The number of hydrogen-bond acceptors (Lipinski definition) is 3. The number of aliphatic hydroxyl groups is 2. The van der Waals surface area contributed by atoms with Crippen molar-refractivity contribution in [2.24, 2.45) is 0 Å². The van der Waals surface area contributed by atoms with Crippen LogP contribution in [0.15, 0.2) is 24.5 Å². The summed E-state index contributed by atoms with van der Waals surface area (Å²) in [5.74, 6) is -1.29. The fourth-order valence-corrected chi connectivity index (χ4v) is 0.324. The number of hydrogen-bond donors (Lipinski definition) is 3. The molecule has 3 N–H and O–H groups in total. The molecule has 0 aliphatic carbocycles. The van der Waals surface area contributed by atoms with Gasteiger partial charge >= 0.3 is 5.97 Å². The maximum absolute atomic E-state index is 10.0. The van der Waals surface area contributed by atoms with E-state index < -0.39 is 12.1 Å². The zero-order valence-electron chi connectivity index (χ0n) is 5.19. The Morgan fingerprint density at radius 1 is 1.60 bits per heavy atom. The lowest BCUT2D eigenvalue weighted by Gasteiger charge is -2.01. The average molecular weight is 144 g/mol. The summed E-state index contributed by atoms with van der Waals surface area (Å²) in [5, 5.41) is 25.1. The second kappa shape index (κ2) is 3.68. The molecule has 0 aliphatic rings. The Bertz CT molecular complexity index is 171. The topological polar surface area (TPSA) is 77.8 Å². The molecule has 0 radical (unpaired) electrons. The maximum Gasteiger partial charge on any atom is 0.333 e. The number of carboxylic acids is 1. The van der Waals surface area contributed by atoms with Crippen molar-refractivity contribution in [1.29, 1.82) is 0 Å². The van der Waals surface area contributed by atoms with E-state index in [4.69, 9.17) is 15.3 Å². The SMILES string of the molecule is C=C(C(=O)O)C(O)C=CO. The minimum absolute atomic E-state index is 0.370. The van der Waals surface area contributed by atoms with Gasteiger partial charge in [-0.3, -0.25) is 0 Å². The van der Waals surface area contributed by atoms with Gasteiger partial charge in [-0.1, -0.05) is 6.58 Å². The molecule has 0 amide bonds. The van der Waals surface area contributed by atoms with Crippen LogP contribution in [0.1, 0.15) is 0 Å². The number of carbonyl (C=O) groups is 1. The van der Waals surface area contributed by atoms with Crippen LogP contribution in [0.3, 0.4) is 0 Å². The van der Waals surface area contributed by atoms with E-state index in [9.17, 15) is 4.79 Å². The Labute approximate surface area is 57.7 Å². The zero-order chi connectivity index (χ0) is 8.15. The number of aliphatic hydroxyl groups excluding tert-OH is 2. The fraction of sp³-hybridized carbons (Fsp3) is 0.167. The quantitative estimate of drug-likeness (QED) is 0.386. The molecule has 0 heterocycles. The molecule has 1 unspecified atom stereocenters. The molecule has 0 aromatic heterocycles. The summed E-state index contributed by atoms with van der Waals surface area (Å²) in [7, 11) is 0. The minimum atomic E-state index is -1.32. The van der Waals surface area contributed by atoms with Gasteiger partial charge in [-0.25, -0.2) is 4.79 Å². The van der Waals surface area contributed by atoms with Crippen molar-refractivity contribution in [2.75, 3.05) is 0 Å². The van der Waals surface area contributed by atoms with E-state index in [-0.39, 0.29) is 5.57 Å². The first-order valence-electron chi connectivity index (χ1n) is 2.50. The molecule has 0 spiro atoms. The van der Waals surface area contributed by atoms with Crippen LogP contribution in [-0.4, -0.2) is 27.4 Å². The van der Waals surface area contributed by atoms with Gasteiger partial charge in [0.25, 0.3) is 0 Å². The minimum Gasteiger partial charge on any atom is -0.516 e. The van der Waals surface area contributed by atoms with Gasteiger partial charge in [0.1, 0.15) is 6.10 Å². The van der Waals surface area contributed by atoms with E-state index in [0.717, 1.165) is 6.08 Å². The smallest absolute Gasteiger partial charge is 0.333 e. The highest BCUT2D eigenvalue weighted by atomic mass is 16.4. The number of carboxylic acid groups (broad SMARTS) is 1. The lowest BCUT2D eigenvalue weighted by molar-refractivity contribution is -0.133. The third-order valence-electron chi connectivity index (χ3n) is 0.900. The molecule has 0 aromatic rings. The van der Waals surface area contributed by atoms with Gasteiger partial charge in [-0.2, -0.15) is 0 Å². The van der Waals surface area contributed by atoms with Crippen LogP contribution < -0.4 is 0 Å². The van der Waals surface area contributed by atoms with Crippen molar-refractivity contribution in [1.82, 2.24) is 0 Å². The molecule has 4 heteroatoms. The molecular formula is C6H8O4. The highest BCUT2D eigenvalue weighted by Gasteiger charge is 2.11. The van der Waals surface area contributed by atoms with Crippen LogP contribution in [-0.2, 0) is 4.79 Å². The third-order valence-corrected chi connectivity index (χ3v) is 0.900. The highest BCUT2D eigenvalue weighted by molar-refractivity contribution is 5.87. The Hall–Kier alpha value is -1.29. The lowest BCUT2D eigenvalue weighted by atomic mass is 10.2. The molecular weight excluding hydrogens is 136 g/mol. The molecule has 0 fully saturated rings. The molecule has 0 rings (SSSR count). The van der Waals surface area contributed by atoms with Gasteiger partial charge in [0.2, 0.25) is 0 Å². The average Bonchev–Trinajstić information content (AvgIpc) is 1.87. The van der Waals surface area contributed by atoms with Crippen LogP contribution in [0.2, 0.25) is 0 Å². The molecule has 56 valence electrons. The van der Waals surface area contributed by atoms with Crippen molar-refractivity contribution in [3.8, 4) is 0 Å². The van der Waals surface area contributed by atoms with Crippen LogP contribution in [0.25, 0.3) is 0 Å². The van der Waals surface area contributed by atoms with Crippen LogP contribution >= 0.6 is 0 Å². The summed E-state index contributed by atoms with van der Waals surface area (Å²) in [6.07, 6.45) is 0.164. The lowest BCUT2D eigenvalue weighted by Crippen LogP contribution is -2.13. The Balaban J connectivity index is 4.08. The van der Waals surface area contributed by atoms with Crippen molar-refractivity contribution >= 4 is 5.97 Å². The van der Waals surface area contributed by atoms with Crippen molar-refractivity contribution in [2.45, 2.75) is 6.10 Å². The summed E-state index contributed by atoms with van der Waals surface area (Å²) >= 11 is 0. The Morgan fingerprint density at radius 2 is 2.10 bits per heavy atom. The van der Waals surface area contributed by atoms with Gasteiger partial charge < -0.3 is 15.3 Å². The van der Waals surface area contributed by atoms with E-state index in [1.54, 1.807) is 0 Å². The van der Waals surface area contributed by atoms with Gasteiger partial charge in [-0.05, 0) is 6.08 Å². The zero-order valence-corrected chi connectivity index (χ0v) is 5.19. The van der Waals surface area contributed by atoms with Crippen molar-refractivity contribution < 1.29 is 20.1 Å². The van der Waals surface area contributed by atoms with Gasteiger partial charge in [0, 0.05) is 0 Å². The predicted molar refractivity (Wildman–Crippen MR) is 34.6 cm³/mol. The van der Waals surface area contributed by atoms with Crippen LogP contribution in [0, 0.1) is 0 Å². The monoisotopic (exact) mass is 144 g/mol. The van der Waals surface area contributed by atoms with E-state index in [1.165, 1.54) is 0 Å². The normalized spacial score (nSPS) is 13.3. The van der Waals surface area contributed by atoms with Crippen LogP contribution in [0.5, 0.6) is 0 Å². The van der Waals surface area contributed by atoms with E-state index in [1.807, 2.05) is 0 Å².